The van der Waals surface area contributed by atoms with Crippen molar-refractivity contribution in [2.75, 3.05) is 18.0 Å². The molecule has 0 radical (unpaired) electrons. The number of halogens is 1. The van der Waals surface area contributed by atoms with Gasteiger partial charge in [0.2, 0.25) is 0 Å². The molecular formula is C15H21ClN2S. The predicted molar refractivity (Wildman–Crippen MR) is 87.2 cm³/mol. The van der Waals surface area contributed by atoms with Gasteiger partial charge < -0.3 is 10.6 Å². The summed E-state index contributed by atoms with van der Waals surface area (Å²) in [6.45, 7) is 6.74. The molecule has 0 bridgehead atoms. The van der Waals surface area contributed by atoms with Gasteiger partial charge in [0.25, 0.3) is 0 Å². The van der Waals surface area contributed by atoms with Crippen LogP contribution in [-0.4, -0.2) is 18.1 Å². The van der Waals surface area contributed by atoms with E-state index in [4.69, 9.17) is 29.6 Å². The molecule has 2 N–H and O–H groups in total. The number of rotatable bonds is 2. The van der Waals surface area contributed by atoms with Gasteiger partial charge in [0, 0.05) is 18.8 Å². The number of hydrogen-bond donors (Lipinski definition) is 1. The molecule has 0 unspecified atom stereocenters. The van der Waals surface area contributed by atoms with Crippen LogP contribution in [0.25, 0.3) is 0 Å². The van der Waals surface area contributed by atoms with Crippen LogP contribution in [0.4, 0.5) is 5.69 Å². The van der Waals surface area contributed by atoms with Crippen LogP contribution in [0.1, 0.15) is 38.7 Å². The molecule has 0 spiro atoms. The van der Waals surface area contributed by atoms with E-state index >= 15 is 0 Å². The van der Waals surface area contributed by atoms with E-state index in [0.717, 1.165) is 24.3 Å². The van der Waals surface area contributed by atoms with Gasteiger partial charge >= 0.3 is 0 Å². The lowest BCUT2D eigenvalue weighted by molar-refractivity contribution is 0.325. The van der Waals surface area contributed by atoms with E-state index < -0.39 is 0 Å². The first-order valence-corrected chi connectivity index (χ1v) is 7.53. The van der Waals surface area contributed by atoms with Crippen LogP contribution in [-0.2, 0) is 0 Å². The third kappa shape index (κ3) is 3.40. The van der Waals surface area contributed by atoms with Crippen molar-refractivity contribution < 1.29 is 0 Å². The quantitative estimate of drug-likeness (QED) is 0.837. The highest BCUT2D eigenvalue weighted by molar-refractivity contribution is 7.80. The molecule has 0 saturated carbocycles. The smallest absolute Gasteiger partial charge is 0.107 e. The Hall–Kier alpha value is -0.800. The Kier molecular flexibility index (Phi) is 4.36. The second kappa shape index (κ2) is 5.68. The van der Waals surface area contributed by atoms with E-state index in [1.165, 1.54) is 19.3 Å². The standard InChI is InChI=1S/C15H21ClN2S/c1-15(2)7-4-9-18(10-8-15)12-6-3-5-11(16)13(12)14(17)19/h3,5-6H,4,7-10H2,1-2H3,(H2,17,19). The van der Waals surface area contributed by atoms with Crippen LogP contribution >= 0.6 is 23.8 Å². The summed E-state index contributed by atoms with van der Waals surface area (Å²) in [6, 6.07) is 5.88. The second-order valence-electron chi connectivity index (χ2n) is 6.00. The molecule has 1 heterocycles. The van der Waals surface area contributed by atoms with E-state index in [9.17, 15) is 0 Å². The topological polar surface area (TPSA) is 29.3 Å². The van der Waals surface area contributed by atoms with E-state index in [0.29, 0.717) is 15.4 Å². The molecule has 1 aliphatic rings. The van der Waals surface area contributed by atoms with Gasteiger partial charge in [0.05, 0.1) is 10.6 Å². The van der Waals surface area contributed by atoms with Gasteiger partial charge in [-0.3, -0.25) is 0 Å². The molecule has 1 aromatic rings. The zero-order valence-corrected chi connectivity index (χ0v) is 13.2. The number of anilines is 1. The van der Waals surface area contributed by atoms with Crippen molar-refractivity contribution in [3.05, 3.63) is 28.8 Å². The lowest BCUT2D eigenvalue weighted by Gasteiger charge is -2.27. The molecule has 0 amide bonds. The first kappa shape index (κ1) is 14.6. The third-order valence-corrected chi connectivity index (χ3v) is 4.44. The van der Waals surface area contributed by atoms with Crippen molar-refractivity contribution in [1.29, 1.82) is 0 Å². The van der Waals surface area contributed by atoms with Crippen LogP contribution < -0.4 is 10.6 Å². The average Bonchev–Trinajstić information content (AvgIpc) is 2.49. The minimum absolute atomic E-state index is 0.379. The van der Waals surface area contributed by atoms with E-state index in [1.807, 2.05) is 12.1 Å². The molecule has 4 heteroatoms. The lowest BCUT2D eigenvalue weighted by atomic mass is 9.85. The highest BCUT2D eigenvalue weighted by Crippen LogP contribution is 2.34. The summed E-state index contributed by atoms with van der Waals surface area (Å²) in [6.07, 6.45) is 3.62. The monoisotopic (exact) mass is 296 g/mol. The fourth-order valence-corrected chi connectivity index (χ4v) is 3.23. The molecule has 104 valence electrons. The fourth-order valence-electron chi connectivity index (χ4n) is 2.68. The van der Waals surface area contributed by atoms with Crippen molar-refractivity contribution in [3.8, 4) is 0 Å². The summed E-state index contributed by atoms with van der Waals surface area (Å²) in [4.78, 5) is 2.75. The molecule has 0 atom stereocenters. The molecule has 1 saturated heterocycles. The van der Waals surface area contributed by atoms with Gasteiger partial charge in [0.15, 0.2) is 0 Å². The van der Waals surface area contributed by atoms with Gasteiger partial charge in [-0.1, -0.05) is 43.7 Å². The van der Waals surface area contributed by atoms with Gasteiger partial charge in [-0.05, 0) is 36.8 Å². The number of nitrogens with two attached hydrogens (primary N) is 1. The Balaban J connectivity index is 2.32. The van der Waals surface area contributed by atoms with E-state index in [2.05, 4.69) is 24.8 Å². The summed E-state index contributed by atoms with van der Waals surface area (Å²) < 4.78 is 0. The molecular weight excluding hydrogens is 276 g/mol. The first-order chi connectivity index (χ1) is 8.91. The van der Waals surface area contributed by atoms with Gasteiger partial charge in [0.1, 0.15) is 4.99 Å². The van der Waals surface area contributed by atoms with Gasteiger partial charge in [-0.15, -0.1) is 0 Å². The molecule has 2 rings (SSSR count). The number of hydrogen-bond acceptors (Lipinski definition) is 2. The Bertz CT molecular complexity index is 485. The average molecular weight is 297 g/mol. The first-order valence-electron chi connectivity index (χ1n) is 6.74. The maximum absolute atomic E-state index is 6.25. The summed E-state index contributed by atoms with van der Waals surface area (Å²) in [5.41, 5.74) is 8.15. The van der Waals surface area contributed by atoms with Crippen LogP contribution in [0.15, 0.2) is 18.2 Å². The highest BCUT2D eigenvalue weighted by Gasteiger charge is 2.24. The van der Waals surface area contributed by atoms with Crippen molar-refractivity contribution in [1.82, 2.24) is 0 Å². The number of nitrogens with zero attached hydrogens (tertiary/aromatic N) is 1. The summed E-state index contributed by atoms with van der Waals surface area (Å²) in [7, 11) is 0. The summed E-state index contributed by atoms with van der Waals surface area (Å²) in [5, 5.41) is 0.647. The summed E-state index contributed by atoms with van der Waals surface area (Å²) in [5.74, 6) is 0. The Morgan fingerprint density at radius 1 is 1.32 bits per heavy atom. The zero-order chi connectivity index (χ0) is 14.0. The largest absolute Gasteiger partial charge is 0.389 e. The fraction of sp³-hybridized carbons (Fsp3) is 0.533. The minimum atomic E-state index is 0.379. The molecule has 0 aromatic heterocycles. The maximum Gasteiger partial charge on any atom is 0.107 e. The number of benzene rings is 1. The maximum atomic E-state index is 6.25. The SMILES string of the molecule is CC1(C)CCCN(c2cccc(Cl)c2C(N)=S)CC1. The zero-order valence-electron chi connectivity index (χ0n) is 11.6. The number of thiocarbonyl (C=S) groups is 1. The Morgan fingerprint density at radius 2 is 2.05 bits per heavy atom. The van der Waals surface area contributed by atoms with E-state index in [1.54, 1.807) is 0 Å². The molecule has 1 aliphatic heterocycles. The van der Waals surface area contributed by atoms with Gasteiger partial charge in [-0.25, -0.2) is 0 Å². The van der Waals surface area contributed by atoms with Crippen molar-refractivity contribution in [2.45, 2.75) is 33.1 Å². The molecule has 1 fully saturated rings. The molecule has 0 aliphatic carbocycles. The molecule has 2 nitrogen and oxygen atoms in total. The van der Waals surface area contributed by atoms with Crippen LogP contribution in [0, 0.1) is 5.41 Å². The van der Waals surface area contributed by atoms with Crippen LogP contribution in [0.3, 0.4) is 0 Å². The minimum Gasteiger partial charge on any atom is -0.389 e. The molecule has 19 heavy (non-hydrogen) atoms. The highest BCUT2D eigenvalue weighted by atomic mass is 35.5. The normalized spacial score (nSPS) is 19.0. The summed E-state index contributed by atoms with van der Waals surface area (Å²) >= 11 is 11.4. The molecule has 1 aromatic carbocycles. The second-order valence-corrected chi connectivity index (χ2v) is 6.85. The van der Waals surface area contributed by atoms with Crippen molar-refractivity contribution in [2.24, 2.45) is 11.1 Å². The Morgan fingerprint density at radius 3 is 2.74 bits per heavy atom. The van der Waals surface area contributed by atoms with Crippen LogP contribution in [0.5, 0.6) is 0 Å². The van der Waals surface area contributed by atoms with Gasteiger partial charge in [-0.2, -0.15) is 0 Å². The van der Waals surface area contributed by atoms with Crippen molar-refractivity contribution >= 4 is 34.5 Å². The Labute approximate surface area is 125 Å². The van der Waals surface area contributed by atoms with E-state index in [-0.39, 0.29) is 0 Å². The van der Waals surface area contributed by atoms with Crippen LogP contribution in [0.2, 0.25) is 5.02 Å². The predicted octanol–water partition coefficient (Wildman–Crippen LogP) is 3.99. The third-order valence-electron chi connectivity index (χ3n) is 3.92. The lowest BCUT2D eigenvalue weighted by Crippen LogP contribution is -2.28. The van der Waals surface area contributed by atoms with Crippen molar-refractivity contribution in [3.63, 3.8) is 0 Å².